The van der Waals surface area contributed by atoms with Gasteiger partial charge >= 0.3 is 0 Å². The van der Waals surface area contributed by atoms with Gasteiger partial charge in [-0.15, -0.1) is 0 Å². The molecule has 0 aromatic heterocycles. The molecule has 110 valence electrons. The molecule has 2 aromatic carbocycles. The van der Waals surface area contributed by atoms with Crippen molar-refractivity contribution in [1.29, 1.82) is 0 Å². The van der Waals surface area contributed by atoms with Gasteiger partial charge in [-0.05, 0) is 42.3 Å². The van der Waals surface area contributed by atoms with Crippen LogP contribution in [-0.2, 0) is 6.42 Å². The van der Waals surface area contributed by atoms with Crippen molar-refractivity contribution in [3.63, 3.8) is 0 Å². The van der Waals surface area contributed by atoms with Gasteiger partial charge in [0.05, 0.1) is 11.4 Å². The van der Waals surface area contributed by atoms with Gasteiger partial charge < -0.3 is 16.4 Å². The summed E-state index contributed by atoms with van der Waals surface area (Å²) in [5, 5.41) is 5.73. The average molecular weight is 287 g/mol. The van der Waals surface area contributed by atoms with Gasteiger partial charge in [-0.25, -0.2) is 4.39 Å². The molecule has 1 amide bonds. The smallest absolute Gasteiger partial charge is 0.251 e. The topological polar surface area (TPSA) is 67.2 Å². The predicted molar refractivity (Wildman–Crippen MR) is 82.8 cm³/mol. The molecule has 4 nitrogen and oxygen atoms in total. The van der Waals surface area contributed by atoms with Crippen molar-refractivity contribution >= 4 is 17.3 Å². The Kier molecular flexibility index (Phi) is 4.77. The van der Waals surface area contributed by atoms with Gasteiger partial charge in [-0.1, -0.05) is 12.1 Å². The lowest BCUT2D eigenvalue weighted by Gasteiger charge is -2.10. The Morgan fingerprint density at radius 3 is 2.71 bits per heavy atom. The lowest BCUT2D eigenvalue weighted by Crippen LogP contribution is -2.18. The largest absolute Gasteiger partial charge is 0.397 e. The molecule has 0 radical (unpaired) electrons. The van der Waals surface area contributed by atoms with E-state index >= 15 is 0 Å². The zero-order valence-corrected chi connectivity index (χ0v) is 11.8. The van der Waals surface area contributed by atoms with E-state index in [2.05, 4.69) is 10.6 Å². The van der Waals surface area contributed by atoms with Gasteiger partial charge in [0.2, 0.25) is 0 Å². The molecular weight excluding hydrogens is 269 g/mol. The lowest BCUT2D eigenvalue weighted by molar-refractivity contribution is 0.0963. The SMILES string of the molecule is CNC(=O)c1ccc(NCCc2cccc(F)c2)c(N)c1. The molecule has 0 aliphatic rings. The van der Waals surface area contributed by atoms with Crippen molar-refractivity contribution in [2.75, 3.05) is 24.6 Å². The molecule has 0 unspecified atom stereocenters. The number of nitrogens with one attached hydrogen (secondary N) is 2. The van der Waals surface area contributed by atoms with Crippen molar-refractivity contribution in [3.05, 3.63) is 59.4 Å². The molecule has 21 heavy (non-hydrogen) atoms. The summed E-state index contributed by atoms with van der Waals surface area (Å²) in [5.41, 5.74) is 8.63. The first-order valence-electron chi connectivity index (χ1n) is 6.70. The fourth-order valence-corrected chi connectivity index (χ4v) is 2.04. The van der Waals surface area contributed by atoms with Crippen molar-refractivity contribution in [3.8, 4) is 0 Å². The van der Waals surface area contributed by atoms with Gasteiger partial charge in [0.25, 0.3) is 5.91 Å². The quantitative estimate of drug-likeness (QED) is 0.740. The van der Waals surface area contributed by atoms with E-state index in [1.807, 2.05) is 6.07 Å². The summed E-state index contributed by atoms with van der Waals surface area (Å²) >= 11 is 0. The first-order valence-corrected chi connectivity index (χ1v) is 6.70. The third-order valence-electron chi connectivity index (χ3n) is 3.16. The molecule has 0 aliphatic carbocycles. The highest BCUT2D eigenvalue weighted by Gasteiger charge is 2.06. The van der Waals surface area contributed by atoms with E-state index in [9.17, 15) is 9.18 Å². The third-order valence-corrected chi connectivity index (χ3v) is 3.16. The first-order chi connectivity index (χ1) is 10.1. The molecule has 5 heteroatoms. The van der Waals surface area contributed by atoms with Gasteiger partial charge in [0, 0.05) is 19.2 Å². The maximum Gasteiger partial charge on any atom is 0.251 e. The minimum absolute atomic E-state index is 0.173. The second-order valence-electron chi connectivity index (χ2n) is 4.69. The van der Waals surface area contributed by atoms with Crippen LogP contribution in [0.4, 0.5) is 15.8 Å². The van der Waals surface area contributed by atoms with Crippen LogP contribution in [0.25, 0.3) is 0 Å². The minimum atomic E-state index is -0.234. The average Bonchev–Trinajstić information content (AvgIpc) is 2.48. The number of nitrogen functional groups attached to an aromatic ring is 1. The summed E-state index contributed by atoms with van der Waals surface area (Å²) in [5.74, 6) is -0.407. The van der Waals surface area contributed by atoms with Crippen LogP contribution in [0.5, 0.6) is 0 Å². The van der Waals surface area contributed by atoms with Crippen molar-refractivity contribution < 1.29 is 9.18 Å². The number of carbonyl (C=O) groups is 1. The Labute approximate surface area is 123 Å². The number of amides is 1. The first kappa shape index (κ1) is 14.8. The summed E-state index contributed by atoms with van der Waals surface area (Å²) in [7, 11) is 1.57. The number of rotatable bonds is 5. The zero-order valence-electron chi connectivity index (χ0n) is 11.8. The van der Waals surface area contributed by atoms with Crippen LogP contribution in [0.2, 0.25) is 0 Å². The van der Waals surface area contributed by atoms with Gasteiger partial charge in [-0.2, -0.15) is 0 Å². The van der Waals surface area contributed by atoms with Crippen LogP contribution in [0.3, 0.4) is 0 Å². The van der Waals surface area contributed by atoms with Crippen molar-refractivity contribution in [1.82, 2.24) is 5.32 Å². The van der Waals surface area contributed by atoms with Crippen LogP contribution >= 0.6 is 0 Å². The second-order valence-corrected chi connectivity index (χ2v) is 4.69. The van der Waals surface area contributed by atoms with Crippen LogP contribution in [-0.4, -0.2) is 19.5 Å². The molecular formula is C16H18FN3O. The molecule has 0 bridgehead atoms. The molecule has 0 atom stereocenters. The monoisotopic (exact) mass is 287 g/mol. The van der Waals surface area contributed by atoms with Gasteiger partial charge in [-0.3, -0.25) is 4.79 Å². The van der Waals surface area contributed by atoms with Crippen molar-refractivity contribution in [2.24, 2.45) is 0 Å². The van der Waals surface area contributed by atoms with Gasteiger partial charge in [0.1, 0.15) is 5.82 Å². The summed E-state index contributed by atoms with van der Waals surface area (Å²) in [6.45, 7) is 0.632. The predicted octanol–water partition coefficient (Wildman–Crippen LogP) is 2.42. The molecule has 0 heterocycles. The minimum Gasteiger partial charge on any atom is -0.397 e. The van der Waals surface area contributed by atoms with E-state index in [4.69, 9.17) is 5.73 Å². The second kappa shape index (κ2) is 6.74. The Morgan fingerprint density at radius 2 is 2.05 bits per heavy atom. The van der Waals surface area contributed by atoms with Crippen LogP contribution in [0, 0.1) is 5.82 Å². The number of anilines is 2. The highest BCUT2D eigenvalue weighted by atomic mass is 19.1. The maximum absolute atomic E-state index is 13.1. The molecule has 2 aromatic rings. The fourth-order valence-electron chi connectivity index (χ4n) is 2.04. The lowest BCUT2D eigenvalue weighted by atomic mass is 10.1. The third kappa shape index (κ3) is 3.95. The highest BCUT2D eigenvalue weighted by molar-refractivity contribution is 5.95. The Bertz CT molecular complexity index is 643. The Morgan fingerprint density at radius 1 is 1.24 bits per heavy atom. The molecule has 0 spiro atoms. The number of carbonyl (C=O) groups excluding carboxylic acids is 1. The van der Waals surface area contributed by atoms with Crippen LogP contribution in [0.1, 0.15) is 15.9 Å². The van der Waals surface area contributed by atoms with E-state index in [-0.39, 0.29) is 11.7 Å². The number of nitrogens with two attached hydrogens (primary N) is 1. The van der Waals surface area contributed by atoms with Gasteiger partial charge in [0.15, 0.2) is 0 Å². The molecule has 0 saturated heterocycles. The van der Waals surface area contributed by atoms with E-state index in [0.717, 1.165) is 11.3 Å². The van der Waals surface area contributed by atoms with Crippen LogP contribution < -0.4 is 16.4 Å². The standard InChI is InChI=1S/C16H18FN3O/c1-19-16(21)12-5-6-15(14(18)10-12)20-8-7-11-3-2-4-13(17)9-11/h2-6,9-10,20H,7-8,18H2,1H3,(H,19,21). The van der Waals surface area contributed by atoms with Crippen LogP contribution in [0.15, 0.2) is 42.5 Å². The highest BCUT2D eigenvalue weighted by Crippen LogP contribution is 2.20. The molecule has 0 saturated carbocycles. The summed E-state index contributed by atoms with van der Waals surface area (Å²) < 4.78 is 13.1. The number of hydrogen-bond donors (Lipinski definition) is 3. The maximum atomic E-state index is 13.1. The Balaban J connectivity index is 1.96. The summed E-state index contributed by atoms with van der Waals surface area (Å²) in [6.07, 6.45) is 0.689. The normalized spacial score (nSPS) is 10.2. The van der Waals surface area contributed by atoms with Crippen molar-refractivity contribution in [2.45, 2.75) is 6.42 Å². The number of halogens is 1. The zero-order chi connectivity index (χ0) is 15.2. The Hall–Kier alpha value is -2.56. The number of hydrogen-bond acceptors (Lipinski definition) is 3. The molecule has 0 aliphatic heterocycles. The fraction of sp³-hybridized carbons (Fsp3) is 0.188. The summed E-state index contributed by atoms with van der Waals surface area (Å²) in [6, 6.07) is 11.6. The molecule has 0 fully saturated rings. The van der Waals surface area contributed by atoms with E-state index in [1.54, 1.807) is 31.3 Å². The number of benzene rings is 2. The van der Waals surface area contributed by atoms with E-state index in [1.165, 1.54) is 12.1 Å². The van der Waals surface area contributed by atoms with E-state index < -0.39 is 0 Å². The van der Waals surface area contributed by atoms with E-state index in [0.29, 0.717) is 24.2 Å². The molecule has 2 rings (SSSR count). The summed E-state index contributed by atoms with van der Waals surface area (Å²) in [4.78, 5) is 11.5. The molecule has 4 N–H and O–H groups in total.